The number of pyridine rings is 1. The molecule has 0 unspecified atom stereocenters. The summed E-state index contributed by atoms with van der Waals surface area (Å²) in [7, 11) is 0. The van der Waals surface area contributed by atoms with E-state index in [2.05, 4.69) is 24.1 Å². The predicted molar refractivity (Wildman–Crippen MR) is 86.7 cm³/mol. The van der Waals surface area contributed by atoms with Gasteiger partial charge in [0.1, 0.15) is 0 Å². The van der Waals surface area contributed by atoms with Crippen LogP contribution in [-0.4, -0.2) is 21.8 Å². The summed E-state index contributed by atoms with van der Waals surface area (Å²) < 4.78 is 3.10. The third kappa shape index (κ3) is 2.69. The van der Waals surface area contributed by atoms with Gasteiger partial charge < -0.3 is 0 Å². The third-order valence-corrected chi connectivity index (χ3v) is 8.35. The van der Waals surface area contributed by atoms with Gasteiger partial charge in [0.05, 0.1) is 0 Å². The molecule has 5 rings (SSSR count). The molecule has 5 heteroatoms. The molecule has 2 aromatic heterocycles. The van der Waals surface area contributed by atoms with E-state index in [0.717, 1.165) is 24.8 Å². The van der Waals surface area contributed by atoms with Gasteiger partial charge in [-0.05, 0) is 0 Å². The van der Waals surface area contributed by atoms with Crippen molar-refractivity contribution in [2.45, 2.75) is 33.1 Å². The minimum atomic E-state index is 0.0322. The Morgan fingerprint density at radius 1 is 1.43 bits per heavy atom. The Morgan fingerprint density at radius 2 is 2.26 bits per heavy atom. The van der Waals surface area contributed by atoms with Crippen LogP contribution in [0.1, 0.15) is 43.6 Å². The number of carbonyl (C=O) groups is 1. The molecule has 1 N–H and O–H groups in total. The molecule has 1 amide bonds. The van der Waals surface area contributed by atoms with Crippen LogP contribution in [-0.2, 0) is 0 Å². The van der Waals surface area contributed by atoms with Gasteiger partial charge in [-0.3, -0.25) is 0 Å². The van der Waals surface area contributed by atoms with Crippen molar-refractivity contribution < 1.29 is 47.6 Å². The fourth-order valence-corrected chi connectivity index (χ4v) is 6.84. The summed E-state index contributed by atoms with van der Waals surface area (Å²) in [6, 6.07) is 5.79. The molecule has 2 heterocycles. The first-order valence-electron chi connectivity index (χ1n) is 8.69. The summed E-state index contributed by atoms with van der Waals surface area (Å²) in [6.45, 7) is 5.62. The number of aromatic nitrogens is 2. The third-order valence-electron chi connectivity index (χ3n) is 6.37. The summed E-state index contributed by atoms with van der Waals surface area (Å²) in [5.41, 5.74) is 2.07. The van der Waals surface area contributed by atoms with Gasteiger partial charge in [-0.25, -0.2) is 0 Å². The molecule has 0 aliphatic heterocycles. The second-order valence-corrected chi connectivity index (χ2v) is 12.1. The van der Waals surface area contributed by atoms with Crippen LogP contribution in [0.4, 0.5) is 0 Å². The monoisotopic (exact) mass is 523 g/mol. The fraction of sp³-hybridized carbons (Fsp3) is 0.556. The molecule has 0 aromatic carbocycles. The minimum absolute atomic E-state index is 0.0322. The van der Waals surface area contributed by atoms with E-state index in [-0.39, 0.29) is 48.7 Å². The van der Waals surface area contributed by atoms with Crippen molar-refractivity contribution >= 4 is 12.3 Å². The Hall–Kier alpha value is -0.372. The molecule has 118 valence electrons. The van der Waals surface area contributed by atoms with Crippen LogP contribution in [0.2, 0.25) is 0 Å². The SMILES string of the molecule is CC1(C)[C@@H]2CC[C@H](CNC(=O)c3cccc4n[c]([RaH])cn34)[C@H]1C2. The summed E-state index contributed by atoms with van der Waals surface area (Å²) in [5, 5.41) is 3.19. The molecule has 0 spiro atoms. The molecular formula is C18H23N3ORa. The van der Waals surface area contributed by atoms with Crippen molar-refractivity contribution in [3.63, 3.8) is 0 Å². The van der Waals surface area contributed by atoms with E-state index in [1.165, 1.54) is 19.3 Å². The zero-order valence-electron chi connectivity index (χ0n) is 14.2. The van der Waals surface area contributed by atoms with Crippen molar-refractivity contribution in [2.75, 3.05) is 6.54 Å². The maximum atomic E-state index is 12.7. The number of hydrogen-bond donors (Lipinski definition) is 1. The van der Waals surface area contributed by atoms with E-state index < -0.39 is 0 Å². The van der Waals surface area contributed by atoms with Gasteiger partial charge in [0.25, 0.3) is 0 Å². The molecule has 2 aromatic rings. The normalized spacial score (nSPS) is 28.3. The summed E-state index contributed by atoms with van der Waals surface area (Å²) in [6.07, 6.45) is 5.98. The summed E-state index contributed by atoms with van der Waals surface area (Å²) in [5.74, 6) is 2.36. The van der Waals surface area contributed by atoms with E-state index in [4.69, 9.17) is 0 Å². The average Bonchev–Trinajstić information content (AvgIpc) is 2.92. The first-order chi connectivity index (χ1) is 11.0. The van der Waals surface area contributed by atoms with Gasteiger partial charge in [-0.2, -0.15) is 0 Å². The topological polar surface area (TPSA) is 46.4 Å². The Balaban J connectivity index is 1.48. The standard InChI is InChI=1S/C18H22N3O.Ra.H/c1-18(2)13-7-6-12(14(18)10-13)11-20-17(22)15-4-3-5-16-19-8-9-21(15)16;;/h3-5,9,12-14H,6-7,10-11H2,1-2H3,(H,20,22);;/t12-,13-,14-;;/m1../s1. The molecule has 4 nitrogen and oxygen atoms in total. The molecule has 23 heavy (non-hydrogen) atoms. The maximum absolute atomic E-state index is 12.7. The molecule has 3 aliphatic carbocycles. The number of fused-ring (bicyclic) bond motifs is 3. The number of imidazole rings is 1. The first-order valence-corrected chi connectivity index (χ1v) is 12.8. The van der Waals surface area contributed by atoms with E-state index in [0.29, 0.717) is 17.0 Å². The number of rotatable bonds is 3. The van der Waals surface area contributed by atoms with E-state index in [9.17, 15) is 4.79 Å². The van der Waals surface area contributed by atoms with Crippen LogP contribution in [0.25, 0.3) is 5.65 Å². The van der Waals surface area contributed by atoms with Crippen LogP contribution in [0.5, 0.6) is 0 Å². The summed E-state index contributed by atoms with van der Waals surface area (Å²) >= 11 is 0.210. The van der Waals surface area contributed by atoms with Gasteiger partial charge in [0.15, 0.2) is 0 Å². The van der Waals surface area contributed by atoms with Crippen molar-refractivity contribution in [3.05, 3.63) is 30.1 Å². The Labute approximate surface area is 166 Å². The number of carbonyl (C=O) groups excluding carboxylic acids is 1. The van der Waals surface area contributed by atoms with Gasteiger partial charge in [0, 0.05) is 0 Å². The Morgan fingerprint density at radius 3 is 3.00 bits per heavy atom. The number of nitrogens with one attached hydrogen (secondary N) is 1. The number of nitrogens with zero attached hydrogens (tertiary/aromatic N) is 2. The quantitative estimate of drug-likeness (QED) is 0.670. The fourth-order valence-electron chi connectivity index (χ4n) is 4.84. The van der Waals surface area contributed by atoms with Gasteiger partial charge in [-0.1, -0.05) is 0 Å². The van der Waals surface area contributed by atoms with E-state index >= 15 is 0 Å². The molecule has 3 saturated carbocycles. The number of amides is 1. The van der Waals surface area contributed by atoms with Crippen molar-refractivity contribution in [1.29, 1.82) is 0 Å². The van der Waals surface area contributed by atoms with Crippen molar-refractivity contribution in [2.24, 2.45) is 23.2 Å². The Bertz CT molecular complexity index is 765. The first kappa shape index (κ1) is 16.1. The zero-order chi connectivity index (χ0) is 16.2. The zero-order valence-corrected chi connectivity index (χ0v) is 22.4. The molecule has 2 bridgehead atoms. The molecule has 0 radical (unpaired) electrons. The second-order valence-electron chi connectivity index (χ2n) is 7.93. The second kappa shape index (κ2) is 5.86. The molecule has 3 aliphatic rings. The van der Waals surface area contributed by atoms with Crippen LogP contribution < -0.4 is 6.05 Å². The van der Waals surface area contributed by atoms with Crippen LogP contribution in [0.3, 0.4) is 0 Å². The van der Waals surface area contributed by atoms with Gasteiger partial charge in [-0.15, -0.1) is 0 Å². The van der Waals surface area contributed by atoms with Gasteiger partial charge in [0.2, 0.25) is 0 Å². The average molecular weight is 523 g/mol. The van der Waals surface area contributed by atoms with Crippen LogP contribution in [0.15, 0.2) is 24.4 Å². The van der Waals surface area contributed by atoms with Gasteiger partial charge >= 0.3 is 167 Å². The predicted octanol–water partition coefficient (Wildman–Crippen LogP) is 2.04. The van der Waals surface area contributed by atoms with Crippen LogP contribution >= 0.6 is 0 Å². The Kier molecular flexibility index (Phi) is 4.11. The molecule has 0 saturated heterocycles. The summed E-state index contributed by atoms with van der Waals surface area (Å²) in [4.78, 5) is 17.2. The van der Waals surface area contributed by atoms with Crippen LogP contribution in [0, 0.1) is 66.0 Å². The number of hydrogen-bond acceptors (Lipinski definition) is 2. The van der Waals surface area contributed by atoms with E-state index in [1.807, 2.05) is 28.8 Å². The van der Waals surface area contributed by atoms with Crippen molar-refractivity contribution in [3.8, 4) is 0 Å². The van der Waals surface area contributed by atoms with E-state index in [1.54, 1.807) is 0 Å². The van der Waals surface area contributed by atoms with Crippen molar-refractivity contribution in [1.82, 2.24) is 14.7 Å². The molecule has 3 fully saturated rings. The molecular weight excluding hydrogens is 500 g/mol. The molecule has 3 atom stereocenters.